The molecule has 0 spiro atoms. The van der Waals surface area contributed by atoms with E-state index < -0.39 is 5.91 Å². The van der Waals surface area contributed by atoms with Gasteiger partial charge in [-0.25, -0.2) is 0 Å². The molecule has 0 unspecified atom stereocenters. The fourth-order valence-electron chi connectivity index (χ4n) is 2.10. The number of carbonyl (C=O) groups is 1. The highest BCUT2D eigenvalue weighted by Gasteiger charge is 2.11. The quantitative estimate of drug-likeness (QED) is 0.727. The minimum atomic E-state index is -0.427. The minimum Gasteiger partial charge on any atom is -0.411 e. The maximum Gasteiger partial charge on any atom is 0.277 e. The number of nitrogens with zero attached hydrogens (tertiary/aromatic N) is 2. The van der Waals surface area contributed by atoms with E-state index in [2.05, 4.69) is 10.2 Å². The highest BCUT2D eigenvalue weighted by molar-refractivity contribution is 7.98. The molecule has 0 fully saturated rings. The van der Waals surface area contributed by atoms with Crippen LogP contribution in [0.4, 0.5) is 0 Å². The van der Waals surface area contributed by atoms with Crippen LogP contribution in [-0.4, -0.2) is 16.1 Å². The Bertz CT molecular complexity index is 828. The summed E-state index contributed by atoms with van der Waals surface area (Å²) in [6.45, 7) is 2.01. The van der Waals surface area contributed by atoms with Crippen molar-refractivity contribution in [1.29, 1.82) is 0 Å². The Morgan fingerprint density at radius 2 is 1.87 bits per heavy atom. The molecule has 0 radical (unpaired) electrons. The van der Waals surface area contributed by atoms with Crippen LogP contribution in [0.3, 0.4) is 0 Å². The van der Waals surface area contributed by atoms with Gasteiger partial charge in [0.15, 0.2) is 0 Å². The Kier molecular flexibility index (Phi) is 4.43. The van der Waals surface area contributed by atoms with Crippen LogP contribution in [-0.2, 0) is 5.75 Å². The number of aryl methyl sites for hydroxylation is 1. The third-order valence-electron chi connectivity index (χ3n) is 3.38. The van der Waals surface area contributed by atoms with Gasteiger partial charge < -0.3 is 10.2 Å². The molecule has 0 aliphatic rings. The molecule has 2 aromatic carbocycles. The molecule has 6 heteroatoms. The minimum absolute atomic E-state index is 0.427. The Labute approximate surface area is 137 Å². The first-order valence-corrected chi connectivity index (χ1v) is 8.03. The van der Waals surface area contributed by atoms with Gasteiger partial charge in [-0.15, -0.1) is 10.2 Å². The van der Waals surface area contributed by atoms with Gasteiger partial charge in [0.2, 0.25) is 11.8 Å². The zero-order chi connectivity index (χ0) is 16.2. The van der Waals surface area contributed by atoms with E-state index in [0.29, 0.717) is 22.4 Å². The normalized spacial score (nSPS) is 10.7. The maximum atomic E-state index is 11.0. The summed E-state index contributed by atoms with van der Waals surface area (Å²) in [5.41, 5.74) is 8.81. The number of hydrogen-bond acceptors (Lipinski definition) is 5. The van der Waals surface area contributed by atoms with E-state index in [1.807, 2.05) is 43.3 Å². The molecule has 3 aromatic rings. The molecule has 1 aromatic heterocycles. The van der Waals surface area contributed by atoms with Crippen molar-refractivity contribution in [2.45, 2.75) is 17.9 Å². The second kappa shape index (κ2) is 6.66. The van der Waals surface area contributed by atoms with Gasteiger partial charge >= 0.3 is 0 Å². The molecule has 0 atom stereocenters. The molecule has 5 nitrogen and oxygen atoms in total. The van der Waals surface area contributed by atoms with Crippen molar-refractivity contribution in [1.82, 2.24) is 10.2 Å². The van der Waals surface area contributed by atoms with Gasteiger partial charge in [-0.3, -0.25) is 4.79 Å². The van der Waals surface area contributed by atoms with Crippen LogP contribution >= 0.6 is 11.8 Å². The summed E-state index contributed by atoms with van der Waals surface area (Å²) < 4.78 is 5.70. The lowest BCUT2D eigenvalue weighted by atomic mass is 10.1. The van der Waals surface area contributed by atoms with E-state index in [4.69, 9.17) is 10.2 Å². The van der Waals surface area contributed by atoms with Crippen LogP contribution in [0.25, 0.3) is 11.5 Å². The number of benzene rings is 2. The van der Waals surface area contributed by atoms with Crippen molar-refractivity contribution < 1.29 is 9.21 Å². The van der Waals surface area contributed by atoms with Crippen LogP contribution in [0.5, 0.6) is 0 Å². The van der Waals surface area contributed by atoms with Crippen molar-refractivity contribution in [2.24, 2.45) is 5.73 Å². The second-order valence-corrected chi connectivity index (χ2v) is 5.96. The standard InChI is InChI=1S/C17H15N3O2S/c1-11-4-2-3-5-14(11)16-19-20-17(22-16)23-10-12-6-8-13(9-7-12)15(18)21/h2-9H,10H2,1H3,(H2,18,21). The van der Waals surface area contributed by atoms with E-state index in [0.717, 1.165) is 16.7 Å². The van der Waals surface area contributed by atoms with Crippen molar-refractivity contribution in [3.63, 3.8) is 0 Å². The van der Waals surface area contributed by atoms with Crippen molar-refractivity contribution >= 4 is 17.7 Å². The summed E-state index contributed by atoms with van der Waals surface area (Å²) >= 11 is 1.45. The molecule has 0 aliphatic heterocycles. The molecule has 0 saturated heterocycles. The van der Waals surface area contributed by atoms with Gasteiger partial charge in [-0.2, -0.15) is 0 Å². The number of aromatic nitrogens is 2. The zero-order valence-electron chi connectivity index (χ0n) is 12.5. The highest BCUT2D eigenvalue weighted by Crippen LogP contribution is 2.27. The Morgan fingerprint density at radius 3 is 2.57 bits per heavy atom. The van der Waals surface area contributed by atoms with E-state index in [1.54, 1.807) is 12.1 Å². The van der Waals surface area contributed by atoms with Crippen LogP contribution in [0.2, 0.25) is 0 Å². The van der Waals surface area contributed by atoms with Crippen LogP contribution in [0.15, 0.2) is 58.2 Å². The lowest BCUT2D eigenvalue weighted by molar-refractivity contribution is 0.100. The Balaban J connectivity index is 1.68. The van der Waals surface area contributed by atoms with E-state index in [-0.39, 0.29) is 0 Å². The van der Waals surface area contributed by atoms with E-state index in [1.165, 1.54) is 11.8 Å². The molecule has 1 amide bonds. The van der Waals surface area contributed by atoms with Crippen molar-refractivity contribution in [3.05, 3.63) is 65.2 Å². The van der Waals surface area contributed by atoms with Crippen LogP contribution < -0.4 is 5.73 Å². The number of amides is 1. The fraction of sp³-hybridized carbons (Fsp3) is 0.118. The number of thioether (sulfide) groups is 1. The monoisotopic (exact) mass is 325 g/mol. The van der Waals surface area contributed by atoms with Crippen molar-refractivity contribution in [2.75, 3.05) is 0 Å². The highest BCUT2D eigenvalue weighted by atomic mass is 32.2. The lowest BCUT2D eigenvalue weighted by Gasteiger charge is -2.00. The average Bonchev–Trinajstić information content (AvgIpc) is 3.02. The molecule has 0 saturated carbocycles. The molecule has 23 heavy (non-hydrogen) atoms. The first-order chi connectivity index (χ1) is 11.1. The maximum absolute atomic E-state index is 11.0. The molecular weight excluding hydrogens is 310 g/mol. The zero-order valence-corrected chi connectivity index (χ0v) is 13.3. The third-order valence-corrected chi connectivity index (χ3v) is 4.27. The fourth-order valence-corrected chi connectivity index (χ4v) is 2.82. The topological polar surface area (TPSA) is 82.0 Å². The summed E-state index contributed by atoms with van der Waals surface area (Å²) in [5.74, 6) is 0.771. The Morgan fingerprint density at radius 1 is 1.13 bits per heavy atom. The van der Waals surface area contributed by atoms with E-state index in [9.17, 15) is 4.79 Å². The number of nitrogens with two attached hydrogens (primary N) is 1. The molecule has 0 aliphatic carbocycles. The average molecular weight is 325 g/mol. The first kappa shape index (κ1) is 15.3. The van der Waals surface area contributed by atoms with Gasteiger partial charge in [0.05, 0.1) is 0 Å². The molecule has 2 N–H and O–H groups in total. The number of hydrogen-bond donors (Lipinski definition) is 1. The van der Waals surface area contributed by atoms with Gasteiger partial charge in [-0.05, 0) is 36.2 Å². The number of primary amides is 1. The predicted octanol–water partition coefficient (Wildman–Crippen LogP) is 3.44. The Hall–Kier alpha value is -2.60. The summed E-state index contributed by atoms with van der Waals surface area (Å²) in [7, 11) is 0. The van der Waals surface area contributed by atoms with Crippen molar-refractivity contribution in [3.8, 4) is 11.5 Å². The lowest BCUT2D eigenvalue weighted by Crippen LogP contribution is -2.10. The first-order valence-electron chi connectivity index (χ1n) is 7.04. The van der Waals surface area contributed by atoms with Crippen LogP contribution in [0.1, 0.15) is 21.5 Å². The van der Waals surface area contributed by atoms with Gasteiger partial charge in [-0.1, -0.05) is 42.1 Å². The molecule has 1 heterocycles. The summed E-state index contributed by atoms with van der Waals surface area (Å²) in [6, 6.07) is 15.0. The van der Waals surface area contributed by atoms with Gasteiger partial charge in [0, 0.05) is 16.9 Å². The molecule has 0 bridgehead atoms. The summed E-state index contributed by atoms with van der Waals surface area (Å²) in [5, 5.41) is 8.68. The molecular formula is C17H15N3O2S. The van der Waals surface area contributed by atoms with Gasteiger partial charge in [0.1, 0.15) is 0 Å². The second-order valence-electron chi connectivity index (χ2n) is 5.04. The van der Waals surface area contributed by atoms with Crippen LogP contribution in [0, 0.1) is 6.92 Å². The van der Waals surface area contributed by atoms with Gasteiger partial charge in [0.25, 0.3) is 5.22 Å². The van der Waals surface area contributed by atoms with E-state index >= 15 is 0 Å². The largest absolute Gasteiger partial charge is 0.411 e. The molecule has 3 rings (SSSR count). The summed E-state index contributed by atoms with van der Waals surface area (Å²) in [6.07, 6.45) is 0. The number of rotatable bonds is 5. The third kappa shape index (κ3) is 3.60. The number of carbonyl (C=O) groups excluding carboxylic acids is 1. The smallest absolute Gasteiger partial charge is 0.277 e. The molecule has 116 valence electrons. The summed E-state index contributed by atoms with van der Waals surface area (Å²) in [4.78, 5) is 11.0. The SMILES string of the molecule is Cc1ccccc1-c1nnc(SCc2ccc(C(N)=O)cc2)o1. The predicted molar refractivity (Wildman–Crippen MR) is 89.0 cm³/mol.